The third kappa shape index (κ3) is 4.55. The molecule has 2 aromatic carbocycles. The Bertz CT molecular complexity index is 1460. The van der Waals surface area contributed by atoms with Crippen molar-refractivity contribution >= 4 is 40.2 Å². The van der Waals surface area contributed by atoms with Crippen LogP contribution in [0.15, 0.2) is 36.9 Å². The second kappa shape index (κ2) is 9.91. The summed E-state index contributed by atoms with van der Waals surface area (Å²) in [4.78, 5) is 29.5. The predicted molar refractivity (Wildman–Crippen MR) is 149 cm³/mol. The second-order valence-corrected chi connectivity index (χ2v) is 11.1. The lowest BCUT2D eigenvalue weighted by Crippen LogP contribution is -2.67. The first kappa shape index (κ1) is 27.1. The SMILES string of the molecule is C=CC(=O)N1CCN(c2nc(N3CC(C)(N(C)C)C3)nc3c(F)c(-c4c(O)cccc4F)c(Cl)cc23)[C@@H](C)C1. The number of fused-ring (bicyclic) bond motifs is 1. The summed E-state index contributed by atoms with van der Waals surface area (Å²) in [7, 11) is 4.01. The molecule has 0 spiro atoms. The fraction of sp³-hybridized carbons (Fsp3) is 0.393. The highest BCUT2D eigenvalue weighted by atomic mass is 35.5. The first-order valence-corrected chi connectivity index (χ1v) is 13.1. The minimum atomic E-state index is -0.841. The molecule has 3 aromatic rings. The topological polar surface area (TPSA) is 76.0 Å². The quantitative estimate of drug-likeness (QED) is 0.470. The van der Waals surface area contributed by atoms with Gasteiger partial charge >= 0.3 is 0 Å². The van der Waals surface area contributed by atoms with Crippen molar-refractivity contribution in [3.8, 4) is 16.9 Å². The van der Waals surface area contributed by atoms with Crippen LogP contribution in [-0.4, -0.2) is 89.2 Å². The van der Waals surface area contributed by atoms with Crippen LogP contribution in [0.1, 0.15) is 13.8 Å². The van der Waals surface area contributed by atoms with E-state index >= 15 is 4.39 Å². The maximum absolute atomic E-state index is 16.3. The van der Waals surface area contributed by atoms with E-state index in [4.69, 9.17) is 16.6 Å². The van der Waals surface area contributed by atoms with Crippen molar-refractivity contribution in [2.75, 3.05) is 56.6 Å². The maximum Gasteiger partial charge on any atom is 0.246 e. The zero-order chi connectivity index (χ0) is 28.2. The van der Waals surface area contributed by atoms with Crippen molar-refractivity contribution in [2.24, 2.45) is 0 Å². The number of hydrogen-bond donors (Lipinski definition) is 1. The van der Waals surface area contributed by atoms with E-state index in [1.165, 1.54) is 24.3 Å². The van der Waals surface area contributed by atoms with Gasteiger partial charge in [0.25, 0.3) is 0 Å². The van der Waals surface area contributed by atoms with E-state index < -0.39 is 17.4 Å². The Balaban J connectivity index is 1.67. The minimum absolute atomic E-state index is 0.0210. The number of carbonyl (C=O) groups excluding carboxylic acids is 1. The summed E-state index contributed by atoms with van der Waals surface area (Å²) in [6.07, 6.45) is 1.29. The lowest BCUT2D eigenvalue weighted by molar-refractivity contribution is -0.126. The Kier molecular flexibility index (Phi) is 6.88. The highest BCUT2D eigenvalue weighted by molar-refractivity contribution is 6.34. The molecule has 0 aliphatic carbocycles. The number of phenols is 1. The Hall–Kier alpha value is -3.50. The fourth-order valence-electron chi connectivity index (χ4n) is 5.32. The van der Waals surface area contributed by atoms with E-state index in [0.29, 0.717) is 49.9 Å². The molecular weight excluding hydrogens is 526 g/mol. The third-order valence-corrected chi connectivity index (χ3v) is 8.20. The first-order valence-electron chi connectivity index (χ1n) is 12.7. The van der Waals surface area contributed by atoms with Crippen molar-refractivity contribution in [1.29, 1.82) is 0 Å². The van der Waals surface area contributed by atoms with E-state index in [1.54, 1.807) is 4.90 Å². The summed E-state index contributed by atoms with van der Waals surface area (Å²) in [6.45, 7) is 10.3. The third-order valence-electron chi connectivity index (χ3n) is 7.90. The predicted octanol–water partition coefficient (Wildman–Crippen LogP) is 4.30. The summed E-state index contributed by atoms with van der Waals surface area (Å²) in [6, 6.07) is 5.13. The molecule has 2 fully saturated rings. The first-order chi connectivity index (χ1) is 18.4. The Morgan fingerprint density at radius 2 is 1.95 bits per heavy atom. The van der Waals surface area contributed by atoms with Gasteiger partial charge in [-0.3, -0.25) is 4.79 Å². The van der Waals surface area contributed by atoms with Gasteiger partial charge in [0, 0.05) is 49.7 Å². The molecule has 1 amide bonds. The molecule has 2 aliphatic heterocycles. The molecule has 0 saturated carbocycles. The van der Waals surface area contributed by atoms with Gasteiger partial charge < -0.3 is 24.7 Å². The van der Waals surface area contributed by atoms with Crippen LogP contribution in [0.4, 0.5) is 20.5 Å². The number of rotatable bonds is 5. The number of nitrogens with zero attached hydrogens (tertiary/aromatic N) is 6. The van der Waals surface area contributed by atoms with Crippen LogP contribution < -0.4 is 9.80 Å². The highest BCUT2D eigenvalue weighted by Crippen LogP contribution is 2.43. The van der Waals surface area contributed by atoms with Crippen LogP contribution in [0.2, 0.25) is 5.02 Å². The molecule has 3 heterocycles. The van der Waals surface area contributed by atoms with Crippen LogP contribution in [-0.2, 0) is 4.79 Å². The zero-order valence-electron chi connectivity index (χ0n) is 22.4. The normalized spacial score (nSPS) is 19.0. The van der Waals surface area contributed by atoms with Crippen molar-refractivity contribution in [3.05, 3.63) is 53.6 Å². The van der Waals surface area contributed by atoms with E-state index in [0.717, 1.165) is 6.07 Å². The number of likely N-dealkylation sites (N-methyl/N-ethyl adjacent to an activating group) is 1. The Morgan fingerprint density at radius 3 is 2.56 bits per heavy atom. The number of halogens is 3. The van der Waals surface area contributed by atoms with Gasteiger partial charge in [-0.05, 0) is 52.2 Å². The van der Waals surface area contributed by atoms with Crippen molar-refractivity contribution < 1.29 is 18.7 Å². The van der Waals surface area contributed by atoms with Crippen molar-refractivity contribution in [2.45, 2.75) is 25.4 Å². The standard InChI is InChI=1S/C28H31ClF2N6O2/c1-6-21(39)35-10-11-37(16(2)13-35)26-17-12-18(29)22(23-19(30)8-7-9-20(23)38)24(31)25(17)32-27(33-26)36-14-28(3,15-36)34(4)5/h6-9,12,16,38H,1,10-11,13-15H2,2-5H3/t16-/m0/s1. The van der Waals surface area contributed by atoms with E-state index in [2.05, 4.69) is 23.4 Å². The van der Waals surface area contributed by atoms with Gasteiger partial charge in [0.1, 0.15) is 22.9 Å². The maximum atomic E-state index is 16.3. The summed E-state index contributed by atoms with van der Waals surface area (Å²) in [5.41, 5.74) is -0.693. The summed E-state index contributed by atoms with van der Waals surface area (Å²) in [5, 5.41) is 10.7. The largest absolute Gasteiger partial charge is 0.507 e. The summed E-state index contributed by atoms with van der Waals surface area (Å²) >= 11 is 6.56. The van der Waals surface area contributed by atoms with Crippen LogP contribution in [0, 0.1) is 11.6 Å². The molecule has 39 heavy (non-hydrogen) atoms. The molecule has 0 radical (unpaired) electrons. The lowest BCUT2D eigenvalue weighted by Gasteiger charge is -2.52. The summed E-state index contributed by atoms with van der Waals surface area (Å²) in [5.74, 6) is -1.39. The summed E-state index contributed by atoms with van der Waals surface area (Å²) < 4.78 is 31.1. The molecule has 2 aliphatic rings. The molecule has 0 bridgehead atoms. The van der Waals surface area contributed by atoms with Crippen molar-refractivity contribution in [3.63, 3.8) is 0 Å². The number of aromatic hydroxyl groups is 1. The Labute approximate surface area is 231 Å². The Morgan fingerprint density at radius 1 is 1.23 bits per heavy atom. The van der Waals surface area contributed by atoms with Gasteiger partial charge in [-0.25, -0.2) is 13.8 Å². The van der Waals surface area contributed by atoms with E-state index in [9.17, 15) is 14.3 Å². The number of carbonyl (C=O) groups is 1. The molecule has 5 rings (SSSR count). The van der Waals surface area contributed by atoms with E-state index in [-0.39, 0.29) is 39.2 Å². The molecule has 1 aromatic heterocycles. The molecule has 0 unspecified atom stereocenters. The monoisotopic (exact) mass is 556 g/mol. The van der Waals surface area contributed by atoms with Crippen LogP contribution in [0.5, 0.6) is 5.75 Å². The van der Waals surface area contributed by atoms with Crippen LogP contribution in [0.25, 0.3) is 22.0 Å². The number of piperazine rings is 1. The average Bonchev–Trinajstić information content (AvgIpc) is 2.87. The van der Waals surface area contributed by atoms with Gasteiger partial charge in [0.2, 0.25) is 11.9 Å². The van der Waals surface area contributed by atoms with Gasteiger partial charge in [0.05, 0.1) is 16.1 Å². The van der Waals surface area contributed by atoms with Crippen LogP contribution in [0.3, 0.4) is 0 Å². The molecule has 2 saturated heterocycles. The van der Waals surface area contributed by atoms with Gasteiger partial charge in [-0.15, -0.1) is 0 Å². The van der Waals surface area contributed by atoms with Gasteiger partial charge in [-0.2, -0.15) is 4.98 Å². The number of hydrogen-bond acceptors (Lipinski definition) is 7. The number of anilines is 2. The molecule has 206 valence electrons. The molecule has 1 N–H and O–H groups in total. The van der Waals surface area contributed by atoms with Crippen LogP contribution >= 0.6 is 11.6 Å². The zero-order valence-corrected chi connectivity index (χ0v) is 23.1. The lowest BCUT2D eigenvalue weighted by atomic mass is 9.91. The molecule has 1 atom stereocenters. The van der Waals surface area contributed by atoms with Gasteiger partial charge in [-0.1, -0.05) is 24.2 Å². The van der Waals surface area contributed by atoms with E-state index in [1.807, 2.05) is 30.8 Å². The highest BCUT2D eigenvalue weighted by Gasteiger charge is 2.42. The second-order valence-electron chi connectivity index (χ2n) is 10.7. The minimum Gasteiger partial charge on any atom is -0.507 e. The molecule has 11 heteroatoms. The van der Waals surface area contributed by atoms with Crippen molar-refractivity contribution in [1.82, 2.24) is 19.8 Å². The number of benzene rings is 2. The molecule has 8 nitrogen and oxygen atoms in total. The number of amides is 1. The average molecular weight is 557 g/mol. The van der Waals surface area contributed by atoms with Gasteiger partial charge in [0.15, 0.2) is 5.82 Å². The molecular formula is C28H31ClF2N6O2. The number of phenolic OH excluding ortho intramolecular Hbond substituents is 1. The number of aromatic nitrogens is 2. The smallest absolute Gasteiger partial charge is 0.246 e. The fourth-order valence-corrected chi connectivity index (χ4v) is 5.61.